The minimum absolute atomic E-state index is 0.443. The molecule has 0 bridgehead atoms. The summed E-state index contributed by atoms with van der Waals surface area (Å²) in [5, 5.41) is 7.05. The van der Waals surface area contributed by atoms with Crippen LogP contribution < -0.4 is 10.5 Å². The van der Waals surface area contributed by atoms with Crippen molar-refractivity contribution < 1.29 is 0 Å². The second-order valence-corrected chi connectivity index (χ2v) is 4.94. The van der Waals surface area contributed by atoms with Crippen molar-refractivity contribution in [3.05, 3.63) is 24.3 Å². The smallest absolute Gasteiger partial charge is 0.370 e. The molecule has 0 aromatic heterocycles. The first kappa shape index (κ1) is 12.3. The van der Waals surface area contributed by atoms with Gasteiger partial charge in [0, 0.05) is 11.4 Å². The van der Waals surface area contributed by atoms with Crippen molar-refractivity contribution in [1.29, 1.82) is 0 Å². The van der Waals surface area contributed by atoms with Crippen LogP contribution in [-0.4, -0.2) is 6.98 Å². The fourth-order valence-electron chi connectivity index (χ4n) is 2.42. The van der Waals surface area contributed by atoms with Crippen molar-refractivity contribution in [2.24, 2.45) is 0 Å². The van der Waals surface area contributed by atoms with Crippen molar-refractivity contribution in [2.45, 2.75) is 51.8 Å². The van der Waals surface area contributed by atoms with Gasteiger partial charge >= 0.3 is 6.98 Å². The van der Waals surface area contributed by atoms with Crippen molar-refractivity contribution in [2.75, 3.05) is 10.5 Å². The predicted molar refractivity (Wildman–Crippen MR) is 77.6 cm³/mol. The second kappa shape index (κ2) is 6.58. The number of nitrogens with one attached hydrogen (secondary N) is 2. The largest absolute Gasteiger partial charge is 0.408 e. The minimum Gasteiger partial charge on any atom is -0.408 e. The van der Waals surface area contributed by atoms with Gasteiger partial charge in [0.2, 0.25) is 0 Å². The number of hydrogen-bond donors (Lipinski definition) is 2. The molecule has 0 radical (unpaired) electrons. The molecule has 1 aromatic rings. The highest BCUT2D eigenvalue weighted by atomic mass is 15.0. The summed E-state index contributed by atoms with van der Waals surface area (Å²) >= 11 is 0. The molecule has 2 N–H and O–H groups in total. The molecule has 2 nitrogen and oxygen atoms in total. The van der Waals surface area contributed by atoms with E-state index >= 15 is 0 Å². The summed E-state index contributed by atoms with van der Waals surface area (Å²) in [4.78, 5) is 0. The summed E-state index contributed by atoms with van der Waals surface area (Å²) in [6, 6.07) is 8.45. The van der Waals surface area contributed by atoms with E-state index in [0.717, 1.165) is 0 Å². The summed E-state index contributed by atoms with van der Waals surface area (Å²) in [5.41, 5.74) is 2.51. The number of hydrogen-bond acceptors (Lipinski definition) is 2. The van der Waals surface area contributed by atoms with Crippen LogP contribution in [0.25, 0.3) is 0 Å². The van der Waals surface area contributed by atoms with E-state index in [2.05, 4.69) is 41.6 Å². The average Bonchev–Trinajstić information content (AvgIpc) is 2.76. The molecule has 1 aliphatic rings. The maximum Gasteiger partial charge on any atom is 0.370 e. The number of benzene rings is 1. The monoisotopic (exact) mass is 230 g/mol. The molecule has 1 aliphatic heterocycles. The van der Waals surface area contributed by atoms with Crippen LogP contribution in [0.1, 0.15) is 45.4 Å². The molecule has 0 fully saturated rings. The molecule has 0 saturated heterocycles. The average molecular weight is 230 g/mol. The van der Waals surface area contributed by atoms with Gasteiger partial charge in [-0.15, -0.1) is 0 Å². The molecular weight excluding hydrogens is 207 g/mol. The van der Waals surface area contributed by atoms with Gasteiger partial charge < -0.3 is 10.5 Å². The molecule has 1 heterocycles. The molecule has 92 valence electrons. The molecule has 2 rings (SSSR count). The highest BCUT2D eigenvalue weighted by Gasteiger charge is 2.22. The molecule has 0 amide bonds. The van der Waals surface area contributed by atoms with Gasteiger partial charge in [0.25, 0.3) is 0 Å². The minimum atomic E-state index is 0.443. The maximum absolute atomic E-state index is 3.53. The third kappa shape index (κ3) is 3.69. The van der Waals surface area contributed by atoms with Gasteiger partial charge in [0.05, 0.1) is 0 Å². The zero-order valence-electron chi connectivity index (χ0n) is 10.8. The lowest BCUT2D eigenvalue weighted by Gasteiger charge is -2.06. The Morgan fingerprint density at radius 2 is 1.47 bits per heavy atom. The highest BCUT2D eigenvalue weighted by molar-refractivity contribution is 6.68. The second-order valence-electron chi connectivity index (χ2n) is 4.94. The molecule has 0 aliphatic carbocycles. The van der Waals surface area contributed by atoms with Crippen LogP contribution in [0, 0.1) is 0 Å². The van der Waals surface area contributed by atoms with Crippen LogP contribution in [0.3, 0.4) is 0 Å². The SMILES string of the molecule is CCCCCCCCB1Nc2ccccc2N1. The summed E-state index contributed by atoms with van der Waals surface area (Å²) < 4.78 is 0. The Balaban J connectivity index is 1.60. The zero-order valence-corrected chi connectivity index (χ0v) is 10.8. The molecule has 17 heavy (non-hydrogen) atoms. The summed E-state index contributed by atoms with van der Waals surface area (Å²) in [5.74, 6) is 0. The topological polar surface area (TPSA) is 24.1 Å². The van der Waals surface area contributed by atoms with Crippen molar-refractivity contribution in [3.63, 3.8) is 0 Å². The highest BCUT2D eigenvalue weighted by Crippen LogP contribution is 2.28. The first-order valence-corrected chi connectivity index (χ1v) is 7.02. The van der Waals surface area contributed by atoms with E-state index in [-0.39, 0.29) is 0 Å². The van der Waals surface area contributed by atoms with Gasteiger partial charge in [-0.2, -0.15) is 0 Å². The number of rotatable bonds is 7. The van der Waals surface area contributed by atoms with Gasteiger partial charge in [-0.1, -0.05) is 57.6 Å². The van der Waals surface area contributed by atoms with Crippen molar-refractivity contribution in [1.82, 2.24) is 0 Å². The van der Waals surface area contributed by atoms with Crippen LogP contribution in [0.15, 0.2) is 24.3 Å². The maximum atomic E-state index is 3.53. The molecule has 3 heteroatoms. The van der Waals surface area contributed by atoms with Gasteiger partial charge in [0.1, 0.15) is 0 Å². The lowest BCUT2D eigenvalue weighted by molar-refractivity contribution is 0.623. The Kier molecular flexibility index (Phi) is 4.78. The first-order valence-electron chi connectivity index (χ1n) is 7.02. The van der Waals surface area contributed by atoms with Crippen LogP contribution in [0.4, 0.5) is 11.4 Å². The fourth-order valence-corrected chi connectivity index (χ4v) is 2.42. The van der Waals surface area contributed by atoms with Gasteiger partial charge in [-0.05, 0) is 18.5 Å². The molecule has 0 saturated carbocycles. The zero-order chi connectivity index (χ0) is 11.9. The van der Waals surface area contributed by atoms with E-state index in [1.807, 2.05) is 0 Å². The lowest BCUT2D eigenvalue weighted by atomic mass is 9.72. The normalized spacial score (nSPS) is 13.1. The summed E-state index contributed by atoms with van der Waals surface area (Å²) in [7, 11) is 0. The van der Waals surface area contributed by atoms with Crippen LogP contribution in [0.2, 0.25) is 6.32 Å². The van der Waals surface area contributed by atoms with Crippen LogP contribution in [-0.2, 0) is 0 Å². The van der Waals surface area contributed by atoms with E-state index in [4.69, 9.17) is 0 Å². The number of para-hydroxylation sites is 2. The third-order valence-electron chi connectivity index (χ3n) is 3.43. The van der Waals surface area contributed by atoms with Crippen LogP contribution >= 0.6 is 0 Å². The van der Waals surface area contributed by atoms with Gasteiger partial charge in [0.15, 0.2) is 0 Å². The van der Waals surface area contributed by atoms with E-state index in [0.29, 0.717) is 6.98 Å². The molecule has 0 unspecified atom stereocenters. The molecular formula is C14H23BN2. The summed E-state index contributed by atoms with van der Waals surface area (Å²) in [6.07, 6.45) is 9.45. The third-order valence-corrected chi connectivity index (χ3v) is 3.43. The van der Waals surface area contributed by atoms with Crippen LogP contribution in [0.5, 0.6) is 0 Å². The number of unbranched alkanes of at least 4 members (excludes halogenated alkanes) is 5. The van der Waals surface area contributed by atoms with Gasteiger partial charge in [-0.25, -0.2) is 0 Å². The Morgan fingerprint density at radius 1 is 0.882 bits per heavy atom. The lowest BCUT2D eigenvalue weighted by Crippen LogP contribution is -2.27. The number of fused-ring (bicyclic) bond motifs is 1. The van der Waals surface area contributed by atoms with E-state index in [1.165, 1.54) is 56.2 Å². The Hall–Kier alpha value is -1.12. The summed E-state index contributed by atoms with van der Waals surface area (Å²) in [6.45, 7) is 2.71. The quantitative estimate of drug-likeness (QED) is 0.536. The predicted octanol–water partition coefficient (Wildman–Crippen LogP) is 4.37. The van der Waals surface area contributed by atoms with E-state index < -0.39 is 0 Å². The molecule has 0 spiro atoms. The fraction of sp³-hybridized carbons (Fsp3) is 0.571. The number of anilines is 2. The van der Waals surface area contributed by atoms with E-state index in [1.54, 1.807) is 0 Å². The Bertz CT molecular complexity index is 316. The van der Waals surface area contributed by atoms with E-state index in [9.17, 15) is 0 Å². The Labute approximate surface area is 105 Å². The molecule has 1 aromatic carbocycles. The Morgan fingerprint density at radius 3 is 2.12 bits per heavy atom. The first-order chi connectivity index (χ1) is 8.40. The van der Waals surface area contributed by atoms with Crippen molar-refractivity contribution in [3.8, 4) is 0 Å². The molecule has 0 atom stereocenters. The van der Waals surface area contributed by atoms with Crippen molar-refractivity contribution >= 4 is 18.4 Å². The standard InChI is InChI=1S/C14H23BN2/c1-2-3-4-5-6-9-12-15-16-13-10-7-8-11-14(13)17-15/h7-8,10-11,16-17H,2-6,9,12H2,1H3. The van der Waals surface area contributed by atoms with Gasteiger partial charge in [-0.3, -0.25) is 0 Å².